The third kappa shape index (κ3) is 8.86. The van der Waals surface area contributed by atoms with Crippen LogP contribution < -0.4 is 14.4 Å². The van der Waals surface area contributed by atoms with Gasteiger partial charge in [0.1, 0.15) is 18.3 Å². The fraction of sp³-hybridized carbons (Fsp3) is 0.257. The molecule has 0 spiro atoms. The van der Waals surface area contributed by atoms with E-state index in [0.29, 0.717) is 12.3 Å². The highest BCUT2D eigenvalue weighted by Crippen LogP contribution is 2.31. The average Bonchev–Trinajstić information content (AvgIpc) is 3.06. The first-order valence-corrected chi connectivity index (χ1v) is 16.6. The van der Waals surface area contributed by atoms with E-state index in [2.05, 4.69) is 5.32 Å². The maximum absolute atomic E-state index is 14.5. The second-order valence-corrected chi connectivity index (χ2v) is 12.8. The molecule has 4 aromatic rings. The number of halogens is 1. The lowest BCUT2D eigenvalue weighted by Gasteiger charge is -2.34. The van der Waals surface area contributed by atoms with Crippen LogP contribution in [0.4, 0.5) is 5.69 Å². The van der Waals surface area contributed by atoms with Crippen LogP contribution in [-0.2, 0) is 32.6 Å². The lowest BCUT2D eigenvalue weighted by molar-refractivity contribution is -0.140. The maximum atomic E-state index is 14.5. The van der Waals surface area contributed by atoms with E-state index in [4.69, 9.17) is 16.3 Å². The average molecular weight is 648 g/mol. The molecule has 1 N–H and O–H groups in total. The number of anilines is 1. The van der Waals surface area contributed by atoms with Crippen molar-refractivity contribution in [2.24, 2.45) is 0 Å². The molecular formula is C35H38ClN3O5S. The minimum Gasteiger partial charge on any atom is -0.497 e. The SMILES string of the molecule is CCCCNC(=O)[C@H](Cc1ccccc1)N(Cc1cccc(OC)c1)C(=O)CN(c1ccccc1Cl)S(=O)(=O)c1ccccc1. The van der Waals surface area contributed by atoms with Crippen LogP contribution in [-0.4, -0.2) is 51.4 Å². The summed E-state index contributed by atoms with van der Waals surface area (Å²) in [6.45, 7) is 1.94. The zero-order valence-corrected chi connectivity index (χ0v) is 27.0. The zero-order valence-electron chi connectivity index (χ0n) is 25.4. The Balaban J connectivity index is 1.80. The quantitative estimate of drug-likeness (QED) is 0.157. The van der Waals surface area contributed by atoms with Gasteiger partial charge in [0.2, 0.25) is 11.8 Å². The number of carbonyl (C=O) groups is 2. The summed E-state index contributed by atoms with van der Waals surface area (Å²) >= 11 is 6.52. The fourth-order valence-electron chi connectivity index (χ4n) is 4.91. The zero-order chi connectivity index (χ0) is 32.2. The molecular weight excluding hydrogens is 610 g/mol. The summed E-state index contributed by atoms with van der Waals surface area (Å²) < 4.78 is 34.5. The Hall–Kier alpha value is -4.34. The van der Waals surface area contributed by atoms with Crippen LogP contribution >= 0.6 is 11.6 Å². The molecule has 0 heterocycles. The first-order valence-electron chi connectivity index (χ1n) is 14.8. The molecule has 0 radical (unpaired) electrons. The number of methoxy groups -OCH3 is 1. The first-order chi connectivity index (χ1) is 21.7. The van der Waals surface area contributed by atoms with Crippen molar-refractivity contribution in [3.05, 3.63) is 125 Å². The van der Waals surface area contributed by atoms with Gasteiger partial charge in [-0.05, 0) is 53.9 Å². The van der Waals surface area contributed by atoms with Crippen LogP contribution in [0.3, 0.4) is 0 Å². The molecule has 0 fully saturated rings. The van der Waals surface area contributed by atoms with Crippen molar-refractivity contribution >= 4 is 39.1 Å². The fourth-order valence-corrected chi connectivity index (χ4v) is 6.66. The van der Waals surface area contributed by atoms with Crippen molar-refractivity contribution < 1.29 is 22.7 Å². The number of ether oxygens (including phenoxy) is 1. The van der Waals surface area contributed by atoms with Gasteiger partial charge >= 0.3 is 0 Å². The number of para-hydroxylation sites is 1. The van der Waals surface area contributed by atoms with E-state index < -0.39 is 28.5 Å². The smallest absolute Gasteiger partial charge is 0.264 e. The summed E-state index contributed by atoms with van der Waals surface area (Å²) in [4.78, 5) is 29.8. The van der Waals surface area contributed by atoms with Gasteiger partial charge in [0.25, 0.3) is 10.0 Å². The molecule has 236 valence electrons. The molecule has 8 nitrogen and oxygen atoms in total. The molecule has 0 aliphatic carbocycles. The summed E-state index contributed by atoms with van der Waals surface area (Å²) in [6, 6.07) is 30.1. The minimum atomic E-state index is -4.23. The van der Waals surface area contributed by atoms with E-state index in [0.717, 1.165) is 28.3 Å². The van der Waals surface area contributed by atoms with E-state index in [1.807, 2.05) is 43.3 Å². The van der Waals surface area contributed by atoms with Crippen molar-refractivity contribution in [2.45, 2.75) is 43.7 Å². The number of rotatable bonds is 15. The molecule has 1 atom stereocenters. The number of nitrogens with zero attached hydrogens (tertiary/aromatic N) is 2. The van der Waals surface area contributed by atoms with Gasteiger partial charge in [-0.25, -0.2) is 8.42 Å². The highest BCUT2D eigenvalue weighted by molar-refractivity contribution is 7.92. The van der Waals surface area contributed by atoms with Gasteiger partial charge < -0.3 is 15.0 Å². The molecule has 0 aliphatic heterocycles. The van der Waals surface area contributed by atoms with Crippen molar-refractivity contribution in [2.75, 3.05) is 24.5 Å². The van der Waals surface area contributed by atoms with E-state index in [-0.39, 0.29) is 34.5 Å². The number of carbonyl (C=O) groups excluding carboxylic acids is 2. The lowest BCUT2D eigenvalue weighted by atomic mass is 10.0. The molecule has 0 aromatic heterocycles. The van der Waals surface area contributed by atoms with Gasteiger partial charge in [-0.2, -0.15) is 0 Å². The highest BCUT2D eigenvalue weighted by atomic mass is 35.5. The van der Waals surface area contributed by atoms with E-state index >= 15 is 0 Å². The van der Waals surface area contributed by atoms with Gasteiger partial charge in [0.05, 0.1) is 22.7 Å². The van der Waals surface area contributed by atoms with Gasteiger partial charge in [-0.15, -0.1) is 0 Å². The molecule has 45 heavy (non-hydrogen) atoms. The number of sulfonamides is 1. The van der Waals surface area contributed by atoms with E-state index in [1.54, 1.807) is 67.8 Å². The largest absolute Gasteiger partial charge is 0.497 e. The molecule has 4 rings (SSSR count). The Kier molecular flexibility index (Phi) is 12.0. The standard InChI is InChI=1S/C35H38ClN3O5S/c1-3-4-22-37-35(41)33(24-27-14-7-5-8-15-27)38(25-28-16-13-17-29(23-28)44-2)34(40)26-39(32-21-12-11-20-31(32)36)45(42,43)30-18-9-6-10-19-30/h5-21,23,33H,3-4,22,24-26H2,1-2H3,(H,37,41)/t33-/m0/s1. The summed E-state index contributed by atoms with van der Waals surface area (Å²) in [5.41, 5.74) is 1.73. The monoisotopic (exact) mass is 647 g/mol. The Morgan fingerprint density at radius 3 is 2.18 bits per heavy atom. The van der Waals surface area contributed by atoms with Crippen molar-refractivity contribution in [1.29, 1.82) is 0 Å². The number of amides is 2. The predicted octanol–water partition coefficient (Wildman–Crippen LogP) is 6.10. The number of nitrogens with one attached hydrogen (secondary N) is 1. The van der Waals surface area contributed by atoms with Gasteiger partial charge in [0.15, 0.2) is 0 Å². The van der Waals surface area contributed by atoms with Gasteiger partial charge in [0, 0.05) is 19.5 Å². The van der Waals surface area contributed by atoms with Crippen LogP contribution in [0.25, 0.3) is 0 Å². The predicted molar refractivity (Wildman–Crippen MR) is 178 cm³/mol. The third-order valence-corrected chi connectivity index (χ3v) is 9.41. The van der Waals surface area contributed by atoms with Crippen molar-refractivity contribution in [1.82, 2.24) is 10.2 Å². The molecule has 0 aliphatic rings. The number of hydrogen-bond donors (Lipinski definition) is 1. The molecule has 0 saturated carbocycles. The highest BCUT2D eigenvalue weighted by Gasteiger charge is 2.35. The third-order valence-electron chi connectivity index (χ3n) is 7.32. The van der Waals surface area contributed by atoms with Gasteiger partial charge in [-0.1, -0.05) is 97.7 Å². The van der Waals surface area contributed by atoms with Crippen molar-refractivity contribution in [3.8, 4) is 5.75 Å². The molecule has 10 heteroatoms. The second-order valence-electron chi connectivity index (χ2n) is 10.5. The molecule has 2 amide bonds. The summed E-state index contributed by atoms with van der Waals surface area (Å²) in [5, 5.41) is 3.16. The summed E-state index contributed by atoms with van der Waals surface area (Å²) in [6.07, 6.45) is 1.90. The minimum absolute atomic E-state index is 0.00945. The second kappa shape index (κ2) is 16.1. The first kappa shape index (κ1) is 33.6. The summed E-state index contributed by atoms with van der Waals surface area (Å²) in [5.74, 6) is -0.293. The maximum Gasteiger partial charge on any atom is 0.264 e. The van der Waals surface area contributed by atoms with Crippen LogP contribution in [0.1, 0.15) is 30.9 Å². The van der Waals surface area contributed by atoms with Crippen molar-refractivity contribution in [3.63, 3.8) is 0 Å². The Morgan fingerprint density at radius 1 is 0.867 bits per heavy atom. The molecule has 0 unspecified atom stereocenters. The Labute approximate surface area is 270 Å². The summed E-state index contributed by atoms with van der Waals surface area (Å²) in [7, 11) is -2.68. The Morgan fingerprint density at radius 2 is 1.51 bits per heavy atom. The van der Waals surface area contributed by atoms with Crippen LogP contribution in [0.2, 0.25) is 5.02 Å². The number of unbranched alkanes of at least 4 members (excludes halogenated alkanes) is 1. The number of benzene rings is 4. The van der Waals surface area contributed by atoms with Gasteiger partial charge in [-0.3, -0.25) is 13.9 Å². The van der Waals surface area contributed by atoms with Crippen LogP contribution in [0.15, 0.2) is 114 Å². The molecule has 0 bridgehead atoms. The molecule has 0 saturated heterocycles. The van der Waals surface area contributed by atoms with E-state index in [9.17, 15) is 18.0 Å². The van der Waals surface area contributed by atoms with Crippen LogP contribution in [0.5, 0.6) is 5.75 Å². The topological polar surface area (TPSA) is 96.0 Å². The molecule has 4 aromatic carbocycles. The Bertz CT molecular complexity index is 1670. The lowest BCUT2D eigenvalue weighted by Crippen LogP contribution is -2.53. The number of hydrogen-bond acceptors (Lipinski definition) is 5. The normalized spacial score (nSPS) is 11.8. The van der Waals surface area contributed by atoms with Crippen LogP contribution in [0, 0.1) is 0 Å². The van der Waals surface area contributed by atoms with E-state index in [1.165, 1.54) is 17.0 Å².